The first-order valence-corrected chi connectivity index (χ1v) is 12.2. The third kappa shape index (κ3) is 5.40. The second-order valence-corrected chi connectivity index (χ2v) is 10.8. The summed E-state index contributed by atoms with van der Waals surface area (Å²) in [4.78, 5) is 12.8. The van der Waals surface area contributed by atoms with E-state index in [2.05, 4.69) is 36.3 Å². The average Bonchev–Trinajstić information content (AvgIpc) is 3.13. The smallest absolute Gasteiger partial charge is 0.243 e. The summed E-state index contributed by atoms with van der Waals surface area (Å²) in [5.41, 5.74) is 0.370. The van der Waals surface area contributed by atoms with Gasteiger partial charge in [0.15, 0.2) is 5.78 Å². The Kier molecular flexibility index (Phi) is 7.02. The number of aromatic nitrogens is 2. The first-order valence-electron chi connectivity index (χ1n) is 9.99. The van der Waals surface area contributed by atoms with Crippen LogP contribution in [0.3, 0.4) is 0 Å². The van der Waals surface area contributed by atoms with Gasteiger partial charge in [-0.05, 0) is 36.8 Å². The fraction of sp³-hybridized carbons (Fsp3) is 0.550. The molecule has 1 aliphatic rings. The van der Waals surface area contributed by atoms with Crippen LogP contribution in [0.2, 0.25) is 0 Å². The minimum atomic E-state index is -3.61. The van der Waals surface area contributed by atoms with Crippen LogP contribution in [0.5, 0.6) is 0 Å². The molecule has 0 aliphatic carbocycles. The number of anilines is 1. The largest absolute Gasteiger partial charge is 0.353 e. The first kappa shape index (κ1) is 21.9. The van der Waals surface area contributed by atoms with Crippen molar-refractivity contribution in [2.45, 2.75) is 44.9 Å². The molecule has 1 aliphatic heterocycles. The number of benzene rings is 1. The van der Waals surface area contributed by atoms with Crippen molar-refractivity contribution in [3.8, 4) is 0 Å². The molecular weight excluding hydrogens is 408 g/mol. The van der Waals surface area contributed by atoms with E-state index >= 15 is 0 Å². The van der Waals surface area contributed by atoms with Crippen molar-refractivity contribution in [2.24, 2.45) is 11.8 Å². The zero-order valence-electron chi connectivity index (χ0n) is 17.1. The molecule has 1 fully saturated rings. The van der Waals surface area contributed by atoms with Crippen molar-refractivity contribution < 1.29 is 13.2 Å². The van der Waals surface area contributed by atoms with Crippen LogP contribution in [0.4, 0.5) is 5.13 Å². The molecule has 0 bridgehead atoms. The number of sulfonamides is 1. The molecule has 158 valence electrons. The van der Waals surface area contributed by atoms with Gasteiger partial charge in [-0.15, -0.1) is 10.2 Å². The molecule has 1 aromatic heterocycles. The fourth-order valence-corrected chi connectivity index (χ4v) is 6.24. The van der Waals surface area contributed by atoms with Crippen LogP contribution in [0.25, 0.3) is 0 Å². The lowest BCUT2D eigenvalue weighted by atomic mass is 9.94. The molecule has 9 heteroatoms. The molecule has 1 saturated heterocycles. The molecule has 2 aromatic rings. The van der Waals surface area contributed by atoms with E-state index in [4.69, 9.17) is 0 Å². The summed E-state index contributed by atoms with van der Waals surface area (Å²) >= 11 is 1.43. The lowest BCUT2D eigenvalue weighted by molar-refractivity contribution is 0.101. The molecule has 1 aromatic carbocycles. The van der Waals surface area contributed by atoms with E-state index in [9.17, 15) is 13.2 Å². The molecule has 2 atom stereocenters. The number of rotatable bonds is 8. The maximum atomic E-state index is 13.1. The van der Waals surface area contributed by atoms with E-state index < -0.39 is 10.0 Å². The summed E-state index contributed by atoms with van der Waals surface area (Å²) in [6.45, 7) is 7.30. The second kappa shape index (κ2) is 9.32. The van der Waals surface area contributed by atoms with E-state index in [0.29, 0.717) is 35.6 Å². The number of hydrogen-bond acceptors (Lipinski definition) is 7. The Morgan fingerprint density at radius 3 is 2.66 bits per heavy atom. The van der Waals surface area contributed by atoms with Crippen LogP contribution in [0, 0.1) is 11.8 Å². The number of nitrogens with zero attached hydrogens (tertiary/aromatic N) is 3. The number of piperidine rings is 1. The zero-order chi connectivity index (χ0) is 21.0. The fourth-order valence-electron chi connectivity index (χ4n) is 3.68. The van der Waals surface area contributed by atoms with Gasteiger partial charge in [0.25, 0.3) is 0 Å². The molecule has 3 rings (SSSR count). The van der Waals surface area contributed by atoms with Gasteiger partial charge in [0.05, 0.1) is 11.4 Å². The van der Waals surface area contributed by atoms with E-state index in [0.717, 1.165) is 24.3 Å². The monoisotopic (exact) mass is 436 g/mol. The quantitative estimate of drug-likeness (QED) is 0.637. The normalized spacial score (nSPS) is 20.5. The first-order chi connectivity index (χ1) is 13.8. The lowest BCUT2D eigenvalue weighted by Crippen LogP contribution is -2.42. The van der Waals surface area contributed by atoms with Crippen LogP contribution in [-0.4, -0.2) is 48.3 Å². The average molecular weight is 437 g/mol. The molecule has 0 radical (unpaired) electrons. The predicted molar refractivity (Wildman–Crippen MR) is 115 cm³/mol. The summed E-state index contributed by atoms with van der Waals surface area (Å²) in [7, 11) is -3.61. The summed E-state index contributed by atoms with van der Waals surface area (Å²) in [5, 5.41) is 12.6. The maximum absolute atomic E-state index is 13.1. The number of aryl methyl sites for hydroxylation is 1. The van der Waals surface area contributed by atoms with Gasteiger partial charge in [-0.25, -0.2) is 8.42 Å². The Labute approximate surface area is 176 Å². The van der Waals surface area contributed by atoms with Gasteiger partial charge >= 0.3 is 0 Å². The summed E-state index contributed by atoms with van der Waals surface area (Å²) in [5.74, 6) is 0.466. The number of carbonyl (C=O) groups excluding carboxylic acids is 1. The van der Waals surface area contributed by atoms with Crippen LogP contribution in [0.1, 0.15) is 49.0 Å². The van der Waals surface area contributed by atoms with Crippen molar-refractivity contribution in [2.75, 3.05) is 25.0 Å². The molecule has 2 heterocycles. The number of nitrogens with one attached hydrogen (secondary N) is 1. The van der Waals surface area contributed by atoms with Crippen molar-refractivity contribution >= 4 is 32.3 Å². The van der Waals surface area contributed by atoms with Crippen LogP contribution >= 0.6 is 11.3 Å². The number of hydrogen-bond donors (Lipinski definition) is 1. The Bertz CT molecular complexity index is 948. The highest BCUT2D eigenvalue weighted by molar-refractivity contribution is 7.89. The van der Waals surface area contributed by atoms with Gasteiger partial charge in [-0.3, -0.25) is 4.79 Å². The number of Topliss-reactive ketones (excluding diaryl/α,β-unsaturated/α-hetero) is 1. The summed E-state index contributed by atoms with van der Waals surface area (Å²) in [6.07, 6.45) is 2.88. The van der Waals surface area contributed by atoms with Gasteiger partial charge in [0, 0.05) is 25.1 Å². The van der Waals surface area contributed by atoms with E-state index in [1.165, 1.54) is 17.4 Å². The van der Waals surface area contributed by atoms with E-state index in [-0.39, 0.29) is 17.2 Å². The molecular formula is C20H28N4O3S2. The topological polar surface area (TPSA) is 92.3 Å². The van der Waals surface area contributed by atoms with E-state index in [1.807, 2.05) is 0 Å². The lowest BCUT2D eigenvalue weighted by Gasteiger charge is -2.34. The van der Waals surface area contributed by atoms with Crippen molar-refractivity contribution in [3.05, 3.63) is 34.8 Å². The van der Waals surface area contributed by atoms with Gasteiger partial charge < -0.3 is 5.32 Å². The Morgan fingerprint density at radius 1 is 1.24 bits per heavy atom. The molecule has 0 amide bonds. The Hall–Kier alpha value is -1.84. The van der Waals surface area contributed by atoms with Crippen molar-refractivity contribution in [3.63, 3.8) is 0 Å². The Morgan fingerprint density at radius 2 is 1.97 bits per heavy atom. The summed E-state index contributed by atoms with van der Waals surface area (Å²) in [6, 6.07) is 6.31. The molecule has 0 saturated carbocycles. The number of carbonyl (C=O) groups is 1. The predicted octanol–water partition coefficient (Wildman–Crippen LogP) is 3.45. The molecule has 0 spiro atoms. The standard InChI is InChI=1S/C20H28N4O3S2/c1-4-6-19-22-23-20(28-19)21-11-18(25)16-7-5-8-17(10-16)29(26,27)24-12-14(2)9-15(3)13-24/h5,7-8,10,14-15H,4,6,9,11-13H2,1-3H3,(H,21,23). The highest BCUT2D eigenvalue weighted by atomic mass is 32.2. The third-order valence-corrected chi connectivity index (χ3v) is 7.73. The van der Waals surface area contributed by atoms with Crippen molar-refractivity contribution in [1.29, 1.82) is 0 Å². The minimum Gasteiger partial charge on any atom is -0.353 e. The van der Waals surface area contributed by atoms with Crippen LogP contribution < -0.4 is 5.32 Å². The maximum Gasteiger partial charge on any atom is 0.243 e. The number of ketones is 1. The zero-order valence-corrected chi connectivity index (χ0v) is 18.7. The highest BCUT2D eigenvalue weighted by Gasteiger charge is 2.31. The molecule has 2 unspecified atom stereocenters. The SMILES string of the molecule is CCCc1nnc(NCC(=O)c2cccc(S(=O)(=O)N3CC(C)CC(C)C3)c2)s1. The van der Waals surface area contributed by atoms with Gasteiger partial charge in [-0.2, -0.15) is 4.31 Å². The third-order valence-electron chi connectivity index (χ3n) is 4.96. The second-order valence-electron chi connectivity index (χ2n) is 7.82. The summed E-state index contributed by atoms with van der Waals surface area (Å²) < 4.78 is 27.7. The van der Waals surface area contributed by atoms with Gasteiger partial charge in [0.1, 0.15) is 5.01 Å². The van der Waals surface area contributed by atoms with Crippen LogP contribution in [-0.2, 0) is 16.4 Å². The molecule has 7 nitrogen and oxygen atoms in total. The molecule has 1 N–H and O–H groups in total. The van der Waals surface area contributed by atoms with Crippen molar-refractivity contribution in [1.82, 2.24) is 14.5 Å². The minimum absolute atomic E-state index is 0.0437. The highest BCUT2D eigenvalue weighted by Crippen LogP contribution is 2.27. The Balaban J connectivity index is 1.70. The van der Waals surface area contributed by atoms with Gasteiger partial charge in [-0.1, -0.05) is 44.2 Å². The van der Waals surface area contributed by atoms with Gasteiger partial charge in [0.2, 0.25) is 15.2 Å². The molecule has 29 heavy (non-hydrogen) atoms. The van der Waals surface area contributed by atoms with Crippen LogP contribution in [0.15, 0.2) is 29.2 Å². The van der Waals surface area contributed by atoms with E-state index in [1.54, 1.807) is 22.5 Å².